The van der Waals surface area contributed by atoms with Gasteiger partial charge in [-0.05, 0) is 24.0 Å². The summed E-state index contributed by atoms with van der Waals surface area (Å²) in [4.78, 5) is 7.01. The normalized spacial score (nSPS) is 13.5. The standard InChI is InChI=1S/C16H29N3OS.HI/c1-7-12-8-9-13(21-12)10-18-15(17-5)19-11-14(20-6)16(2,3)4;/h8-9,14H,7,10-11H2,1-6H3,(H2,17,18,19);1H. The van der Waals surface area contributed by atoms with Crippen molar-refractivity contribution in [2.24, 2.45) is 10.4 Å². The van der Waals surface area contributed by atoms with Gasteiger partial charge < -0.3 is 15.4 Å². The summed E-state index contributed by atoms with van der Waals surface area (Å²) in [6.45, 7) is 10.3. The minimum Gasteiger partial charge on any atom is -0.379 e. The minimum absolute atomic E-state index is 0. The summed E-state index contributed by atoms with van der Waals surface area (Å²) < 4.78 is 5.55. The predicted molar refractivity (Wildman–Crippen MR) is 108 cm³/mol. The Morgan fingerprint density at radius 3 is 2.36 bits per heavy atom. The van der Waals surface area contributed by atoms with Gasteiger partial charge in [0, 0.05) is 30.5 Å². The number of ether oxygens (including phenoxy) is 1. The van der Waals surface area contributed by atoms with Crippen LogP contribution in [-0.4, -0.2) is 32.8 Å². The van der Waals surface area contributed by atoms with Crippen LogP contribution in [0, 0.1) is 5.41 Å². The SMILES string of the molecule is CCc1ccc(CNC(=NC)NCC(OC)C(C)(C)C)s1.I. The molecule has 22 heavy (non-hydrogen) atoms. The number of aliphatic imine (C=N–C) groups is 1. The summed E-state index contributed by atoms with van der Waals surface area (Å²) in [5.41, 5.74) is 0.102. The highest BCUT2D eigenvalue weighted by Crippen LogP contribution is 2.21. The zero-order valence-electron chi connectivity index (χ0n) is 14.5. The fourth-order valence-corrected chi connectivity index (χ4v) is 2.93. The zero-order valence-corrected chi connectivity index (χ0v) is 17.7. The Hall–Kier alpha value is -0.340. The van der Waals surface area contributed by atoms with Crippen LogP contribution in [0.15, 0.2) is 17.1 Å². The van der Waals surface area contributed by atoms with E-state index in [-0.39, 0.29) is 35.5 Å². The molecule has 0 spiro atoms. The average Bonchev–Trinajstić information content (AvgIpc) is 2.89. The zero-order chi connectivity index (χ0) is 15.9. The topological polar surface area (TPSA) is 45.7 Å². The minimum atomic E-state index is 0. The molecular formula is C16H30IN3OS. The van der Waals surface area contributed by atoms with Gasteiger partial charge in [0.05, 0.1) is 12.6 Å². The first kappa shape index (κ1) is 21.7. The third-order valence-electron chi connectivity index (χ3n) is 3.42. The van der Waals surface area contributed by atoms with E-state index in [4.69, 9.17) is 4.74 Å². The molecule has 1 unspecified atom stereocenters. The van der Waals surface area contributed by atoms with Gasteiger partial charge in [0.25, 0.3) is 0 Å². The molecule has 1 aromatic rings. The van der Waals surface area contributed by atoms with Gasteiger partial charge in [-0.25, -0.2) is 0 Å². The Bertz CT molecular complexity index is 454. The number of hydrogen-bond acceptors (Lipinski definition) is 3. The number of guanidine groups is 1. The number of thiophene rings is 1. The Morgan fingerprint density at radius 2 is 1.91 bits per heavy atom. The van der Waals surface area contributed by atoms with Gasteiger partial charge in [0.15, 0.2) is 5.96 Å². The van der Waals surface area contributed by atoms with Gasteiger partial charge >= 0.3 is 0 Å². The second-order valence-corrected chi connectivity index (χ2v) is 7.37. The molecular weight excluding hydrogens is 409 g/mol. The number of rotatable bonds is 6. The molecule has 0 amide bonds. The van der Waals surface area contributed by atoms with Gasteiger partial charge in [0.2, 0.25) is 0 Å². The van der Waals surface area contributed by atoms with E-state index in [0.29, 0.717) is 0 Å². The highest BCUT2D eigenvalue weighted by Gasteiger charge is 2.24. The van der Waals surface area contributed by atoms with Crippen molar-refractivity contribution in [1.82, 2.24) is 10.6 Å². The lowest BCUT2D eigenvalue weighted by Gasteiger charge is -2.30. The van der Waals surface area contributed by atoms with E-state index < -0.39 is 0 Å². The van der Waals surface area contributed by atoms with Gasteiger partial charge in [-0.2, -0.15) is 0 Å². The molecule has 0 saturated heterocycles. The quantitative estimate of drug-likeness (QED) is 0.404. The van der Waals surface area contributed by atoms with Gasteiger partial charge in [-0.3, -0.25) is 4.99 Å². The van der Waals surface area contributed by atoms with Crippen LogP contribution >= 0.6 is 35.3 Å². The summed E-state index contributed by atoms with van der Waals surface area (Å²) in [5.74, 6) is 0.813. The number of aryl methyl sites for hydroxylation is 1. The van der Waals surface area contributed by atoms with Crippen molar-refractivity contribution in [2.45, 2.75) is 46.8 Å². The first-order valence-electron chi connectivity index (χ1n) is 7.45. The lowest BCUT2D eigenvalue weighted by molar-refractivity contribution is 0.0205. The third kappa shape index (κ3) is 7.28. The maximum Gasteiger partial charge on any atom is 0.191 e. The van der Waals surface area contributed by atoms with Crippen molar-refractivity contribution in [1.29, 1.82) is 0 Å². The molecule has 1 atom stereocenters. The highest BCUT2D eigenvalue weighted by molar-refractivity contribution is 14.0. The molecule has 1 heterocycles. The van der Waals surface area contributed by atoms with E-state index in [1.807, 2.05) is 11.3 Å². The van der Waals surface area contributed by atoms with Crippen LogP contribution in [0.4, 0.5) is 0 Å². The van der Waals surface area contributed by atoms with Crippen molar-refractivity contribution in [3.63, 3.8) is 0 Å². The smallest absolute Gasteiger partial charge is 0.191 e. The number of nitrogens with zero attached hydrogens (tertiary/aromatic N) is 1. The summed E-state index contributed by atoms with van der Waals surface area (Å²) >= 11 is 1.85. The van der Waals surface area contributed by atoms with E-state index >= 15 is 0 Å². The lowest BCUT2D eigenvalue weighted by atomic mass is 9.89. The number of halogens is 1. The van der Waals surface area contributed by atoms with Gasteiger partial charge in [0.1, 0.15) is 0 Å². The van der Waals surface area contributed by atoms with E-state index in [2.05, 4.69) is 55.5 Å². The molecule has 0 aliphatic rings. The van der Waals surface area contributed by atoms with E-state index in [1.165, 1.54) is 9.75 Å². The van der Waals surface area contributed by atoms with E-state index in [1.54, 1.807) is 14.2 Å². The third-order valence-corrected chi connectivity index (χ3v) is 4.65. The van der Waals surface area contributed by atoms with Crippen molar-refractivity contribution < 1.29 is 4.74 Å². The van der Waals surface area contributed by atoms with Crippen LogP contribution in [0.3, 0.4) is 0 Å². The molecule has 0 aliphatic carbocycles. The molecule has 0 radical (unpaired) electrons. The highest BCUT2D eigenvalue weighted by atomic mass is 127. The van der Waals surface area contributed by atoms with E-state index in [0.717, 1.165) is 25.5 Å². The second-order valence-electron chi connectivity index (χ2n) is 6.12. The molecule has 2 N–H and O–H groups in total. The van der Waals surface area contributed by atoms with Crippen LogP contribution in [-0.2, 0) is 17.7 Å². The van der Waals surface area contributed by atoms with Crippen molar-refractivity contribution in [3.05, 3.63) is 21.9 Å². The van der Waals surface area contributed by atoms with E-state index in [9.17, 15) is 0 Å². The maximum absolute atomic E-state index is 5.55. The van der Waals surface area contributed by atoms with Crippen LogP contribution < -0.4 is 10.6 Å². The van der Waals surface area contributed by atoms with Crippen molar-refractivity contribution in [2.75, 3.05) is 20.7 Å². The summed E-state index contributed by atoms with van der Waals surface area (Å²) in [6.07, 6.45) is 1.24. The predicted octanol–water partition coefficient (Wildman–Crippen LogP) is 3.65. The average molecular weight is 439 g/mol. The molecule has 128 valence electrons. The summed E-state index contributed by atoms with van der Waals surface area (Å²) in [6, 6.07) is 4.37. The van der Waals surface area contributed by atoms with Crippen molar-refractivity contribution in [3.8, 4) is 0 Å². The van der Waals surface area contributed by atoms with Crippen LogP contribution in [0.25, 0.3) is 0 Å². The molecule has 6 heteroatoms. The molecule has 0 aliphatic heterocycles. The van der Waals surface area contributed by atoms with Crippen LogP contribution in [0.2, 0.25) is 0 Å². The Balaban J connectivity index is 0.00000441. The molecule has 4 nitrogen and oxygen atoms in total. The van der Waals surface area contributed by atoms with Crippen LogP contribution in [0.1, 0.15) is 37.4 Å². The molecule has 0 fully saturated rings. The Labute approximate surface area is 156 Å². The maximum atomic E-state index is 5.55. The monoisotopic (exact) mass is 439 g/mol. The van der Waals surface area contributed by atoms with Crippen LogP contribution in [0.5, 0.6) is 0 Å². The van der Waals surface area contributed by atoms with Gasteiger partial charge in [-0.1, -0.05) is 27.7 Å². The Kier molecular flexibility index (Phi) is 10.3. The number of hydrogen-bond donors (Lipinski definition) is 2. The first-order valence-corrected chi connectivity index (χ1v) is 8.27. The molecule has 0 bridgehead atoms. The lowest BCUT2D eigenvalue weighted by Crippen LogP contribution is -2.45. The molecule has 1 aromatic heterocycles. The first-order chi connectivity index (χ1) is 9.90. The van der Waals surface area contributed by atoms with Crippen molar-refractivity contribution >= 4 is 41.3 Å². The summed E-state index contributed by atoms with van der Waals surface area (Å²) in [7, 11) is 3.55. The molecule has 1 rings (SSSR count). The second kappa shape index (κ2) is 10.4. The largest absolute Gasteiger partial charge is 0.379 e. The molecule has 0 saturated carbocycles. The Morgan fingerprint density at radius 1 is 1.27 bits per heavy atom. The summed E-state index contributed by atoms with van der Waals surface area (Å²) in [5, 5.41) is 6.68. The number of nitrogens with one attached hydrogen (secondary N) is 2. The fraction of sp³-hybridized carbons (Fsp3) is 0.688. The fourth-order valence-electron chi connectivity index (χ4n) is 2.03. The number of methoxy groups -OCH3 is 1. The molecule has 0 aromatic carbocycles. The van der Waals surface area contributed by atoms with Gasteiger partial charge in [-0.15, -0.1) is 35.3 Å².